The summed E-state index contributed by atoms with van der Waals surface area (Å²) >= 11 is 0. The van der Waals surface area contributed by atoms with Gasteiger partial charge in [-0.3, -0.25) is 4.79 Å². The lowest BCUT2D eigenvalue weighted by Crippen LogP contribution is -2.46. The second-order valence-electron chi connectivity index (χ2n) is 7.41. The van der Waals surface area contributed by atoms with Crippen LogP contribution in [0.4, 0.5) is 4.79 Å². The monoisotopic (exact) mass is 380 g/mol. The molecule has 1 atom stereocenters. The summed E-state index contributed by atoms with van der Waals surface area (Å²) in [5.74, 6) is 0.935. The molecule has 5 heteroatoms. The summed E-state index contributed by atoms with van der Waals surface area (Å²) in [6.45, 7) is 5.16. The van der Waals surface area contributed by atoms with Gasteiger partial charge in [0.15, 0.2) is 5.78 Å². The van der Waals surface area contributed by atoms with Crippen molar-refractivity contribution in [3.63, 3.8) is 0 Å². The van der Waals surface area contributed by atoms with E-state index in [4.69, 9.17) is 4.74 Å². The standard InChI is InChI=1S/C23H28N2O3/c1-16-9-10-21(28-3)20(15-16)17(2)24-23(27)25-13-11-19(12-14-25)22(26)18-7-5-4-6-8-18/h4-10,15,17,19H,11-14H2,1-3H3,(H,24,27). The first kappa shape index (κ1) is 19.9. The molecule has 2 aromatic carbocycles. The maximum absolute atomic E-state index is 12.7. The van der Waals surface area contributed by atoms with E-state index in [1.54, 1.807) is 12.0 Å². The third-order valence-electron chi connectivity index (χ3n) is 5.40. The molecule has 1 aliphatic rings. The molecule has 1 aliphatic heterocycles. The summed E-state index contributed by atoms with van der Waals surface area (Å²) in [4.78, 5) is 27.1. The van der Waals surface area contributed by atoms with Crippen molar-refractivity contribution in [2.45, 2.75) is 32.7 Å². The second-order valence-corrected chi connectivity index (χ2v) is 7.41. The minimum absolute atomic E-state index is 0.0132. The molecule has 0 aliphatic carbocycles. The first-order chi connectivity index (χ1) is 13.5. The van der Waals surface area contributed by atoms with Crippen molar-refractivity contribution in [3.8, 4) is 5.75 Å². The van der Waals surface area contributed by atoms with Crippen molar-refractivity contribution in [2.75, 3.05) is 20.2 Å². The van der Waals surface area contributed by atoms with Crippen molar-refractivity contribution >= 4 is 11.8 Å². The first-order valence-corrected chi connectivity index (χ1v) is 9.79. The molecular formula is C23H28N2O3. The molecule has 0 saturated carbocycles. The molecule has 0 radical (unpaired) electrons. The van der Waals surface area contributed by atoms with Crippen molar-refractivity contribution in [3.05, 3.63) is 65.2 Å². The Morgan fingerprint density at radius 2 is 1.79 bits per heavy atom. The smallest absolute Gasteiger partial charge is 0.317 e. The van der Waals surface area contributed by atoms with Crippen LogP contribution in [0.15, 0.2) is 48.5 Å². The zero-order valence-electron chi connectivity index (χ0n) is 16.8. The third kappa shape index (κ3) is 4.53. The van der Waals surface area contributed by atoms with Crippen molar-refractivity contribution in [1.82, 2.24) is 10.2 Å². The van der Waals surface area contributed by atoms with Crippen LogP contribution in [0.2, 0.25) is 0 Å². The minimum Gasteiger partial charge on any atom is -0.496 e. The lowest BCUT2D eigenvalue weighted by molar-refractivity contribution is 0.0853. The summed E-state index contributed by atoms with van der Waals surface area (Å²) in [7, 11) is 1.64. The van der Waals surface area contributed by atoms with Crippen molar-refractivity contribution < 1.29 is 14.3 Å². The number of amides is 2. The number of hydrogen-bond acceptors (Lipinski definition) is 3. The van der Waals surface area contributed by atoms with Crippen LogP contribution >= 0.6 is 0 Å². The number of benzene rings is 2. The Morgan fingerprint density at radius 1 is 1.11 bits per heavy atom. The molecule has 2 amide bonds. The zero-order chi connectivity index (χ0) is 20.1. The molecule has 0 bridgehead atoms. The van der Waals surface area contributed by atoms with E-state index in [-0.39, 0.29) is 23.8 Å². The number of piperidine rings is 1. The normalized spacial score (nSPS) is 15.8. The minimum atomic E-state index is -0.161. The summed E-state index contributed by atoms with van der Waals surface area (Å²) in [5.41, 5.74) is 2.84. The quantitative estimate of drug-likeness (QED) is 0.784. The van der Waals surface area contributed by atoms with Gasteiger partial charge in [-0.05, 0) is 32.8 Å². The zero-order valence-corrected chi connectivity index (χ0v) is 16.8. The Morgan fingerprint density at radius 3 is 2.43 bits per heavy atom. The van der Waals surface area contributed by atoms with Gasteiger partial charge in [-0.1, -0.05) is 48.0 Å². The van der Waals surface area contributed by atoms with Crippen LogP contribution in [0.3, 0.4) is 0 Å². The van der Waals surface area contributed by atoms with Crippen LogP contribution < -0.4 is 10.1 Å². The first-order valence-electron chi connectivity index (χ1n) is 9.79. The number of methoxy groups -OCH3 is 1. The molecule has 2 aromatic rings. The fraction of sp³-hybridized carbons (Fsp3) is 0.391. The van der Waals surface area contributed by atoms with E-state index in [0.717, 1.165) is 22.4 Å². The molecule has 1 heterocycles. The number of likely N-dealkylation sites (tertiary alicyclic amines) is 1. The summed E-state index contributed by atoms with van der Waals surface area (Å²) in [6, 6.07) is 15.1. The second kappa shape index (κ2) is 8.91. The Labute approximate surface area is 166 Å². The SMILES string of the molecule is COc1ccc(C)cc1C(C)NC(=O)N1CCC(C(=O)c2ccccc2)CC1. The van der Waals surface area contributed by atoms with Crippen molar-refractivity contribution in [1.29, 1.82) is 0 Å². The Balaban J connectivity index is 1.57. The topological polar surface area (TPSA) is 58.6 Å². The lowest BCUT2D eigenvalue weighted by atomic mass is 9.89. The highest BCUT2D eigenvalue weighted by atomic mass is 16.5. The number of rotatable bonds is 5. The number of carbonyl (C=O) groups excluding carboxylic acids is 2. The predicted molar refractivity (Wildman–Crippen MR) is 110 cm³/mol. The molecule has 0 aromatic heterocycles. The Bertz CT molecular complexity index is 827. The fourth-order valence-corrected chi connectivity index (χ4v) is 3.73. The Hall–Kier alpha value is -2.82. The average Bonchev–Trinajstić information content (AvgIpc) is 2.73. The van der Waals surface area contributed by atoms with Gasteiger partial charge in [-0.25, -0.2) is 4.79 Å². The number of aryl methyl sites for hydroxylation is 1. The molecule has 1 fully saturated rings. The maximum Gasteiger partial charge on any atom is 0.317 e. The number of ether oxygens (including phenoxy) is 1. The molecule has 1 saturated heterocycles. The number of Topliss-reactive ketones (excluding diaryl/α,β-unsaturated/α-hetero) is 1. The van der Waals surface area contributed by atoms with Crippen LogP contribution in [-0.4, -0.2) is 36.9 Å². The number of urea groups is 1. The predicted octanol–water partition coefficient (Wildman–Crippen LogP) is 4.37. The molecule has 28 heavy (non-hydrogen) atoms. The van der Waals surface area contributed by atoms with Gasteiger partial charge < -0.3 is 15.0 Å². The van der Waals surface area contributed by atoms with Gasteiger partial charge in [-0.15, -0.1) is 0 Å². The van der Waals surface area contributed by atoms with E-state index in [1.807, 2.05) is 62.4 Å². The molecule has 0 spiro atoms. The van der Waals surface area contributed by atoms with E-state index < -0.39 is 0 Å². The van der Waals surface area contributed by atoms with E-state index >= 15 is 0 Å². The van der Waals surface area contributed by atoms with Crippen molar-refractivity contribution in [2.24, 2.45) is 5.92 Å². The third-order valence-corrected chi connectivity index (χ3v) is 5.40. The van der Waals surface area contributed by atoms with E-state index in [0.29, 0.717) is 25.9 Å². The van der Waals surface area contributed by atoms with Crippen LogP contribution in [-0.2, 0) is 0 Å². The van der Waals surface area contributed by atoms with Crippen LogP contribution in [0, 0.1) is 12.8 Å². The average molecular weight is 380 g/mol. The van der Waals surface area contributed by atoms with Gasteiger partial charge in [-0.2, -0.15) is 0 Å². The molecule has 1 N–H and O–H groups in total. The largest absolute Gasteiger partial charge is 0.496 e. The summed E-state index contributed by atoms with van der Waals surface area (Å²) in [5, 5.41) is 3.07. The molecule has 148 valence electrons. The highest BCUT2D eigenvalue weighted by Gasteiger charge is 2.28. The van der Waals surface area contributed by atoms with Gasteiger partial charge in [0, 0.05) is 30.1 Å². The summed E-state index contributed by atoms with van der Waals surface area (Å²) in [6.07, 6.45) is 1.40. The number of nitrogens with one attached hydrogen (secondary N) is 1. The van der Waals surface area contributed by atoms with Gasteiger partial charge in [0.25, 0.3) is 0 Å². The molecule has 5 nitrogen and oxygen atoms in total. The van der Waals surface area contributed by atoms with Gasteiger partial charge >= 0.3 is 6.03 Å². The molecule has 1 unspecified atom stereocenters. The van der Waals surface area contributed by atoms with Gasteiger partial charge in [0.05, 0.1) is 13.2 Å². The van der Waals surface area contributed by atoms with Gasteiger partial charge in [0.2, 0.25) is 0 Å². The molecule has 3 rings (SSSR count). The van der Waals surface area contributed by atoms with E-state index in [1.165, 1.54) is 0 Å². The van der Waals surface area contributed by atoms with Crippen LogP contribution in [0.5, 0.6) is 5.75 Å². The Kier molecular flexibility index (Phi) is 6.34. The molecular weight excluding hydrogens is 352 g/mol. The number of hydrogen-bond donors (Lipinski definition) is 1. The van der Waals surface area contributed by atoms with Crippen LogP contribution in [0.1, 0.15) is 47.3 Å². The van der Waals surface area contributed by atoms with E-state index in [9.17, 15) is 9.59 Å². The lowest BCUT2D eigenvalue weighted by Gasteiger charge is -2.32. The fourth-order valence-electron chi connectivity index (χ4n) is 3.73. The maximum atomic E-state index is 12.7. The highest BCUT2D eigenvalue weighted by Crippen LogP contribution is 2.27. The van der Waals surface area contributed by atoms with Gasteiger partial charge in [0.1, 0.15) is 5.75 Å². The van der Waals surface area contributed by atoms with Crippen LogP contribution in [0.25, 0.3) is 0 Å². The van der Waals surface area contributed by atoms with E-state index in [2.05, 4.69) is 5.32 Å². The highest BCUT2D eigenvalue weighted by molar-refractivity contribution is 5.98. The number of nitrogens with zero attached hydrogens (tertiary/aromatic N) is 1. The number of ketones is 1. The number of carbonyl (C=O) groups is 2. The summed E-state index contributed by atoms with van der Waals surface area (Å²) < 4.78 is 5.43.